The Labute approximate surface area is 133 Å². The monoisotopic (exact) mass is 315 g/mol. The smallest absolute Gasteiger partial charge is 0.229 e. The largest absolute Gasteiger partial charge is 0.355 e. The Morgan fingerprint density at radius 2 is 1.57 bits per heavy atom. The third kappa shape index (κ3) is 6.25. The van der Waals surface area contributed by atoms with Crippen molar-refractivity contribution in [2.75, 3.05) is 6.54 Å². The van der Waals surface area contributed by atoms with Gasteiger partial charge in [0.05, 0.1) is 0 Å². The summed E-state index contributed by atoms with van der Waals surface area (Å²) in [6, 6.07) is 9.69. The number of nitrogens with one attached hydrogen (secondary N) is 2. The molecule has 0 atom stereocenters. The average Bonchev–Trinajstić information content (AvgIpc) is 2.56. The molecule has 2 aromatic rings. The lowest BCUT2D eigenvalue weighted by molar-refractivity contribution is -0.129. The fraction of sp³-hybridized carbons (Fsp3) is 0.235. The third-order valence-corrected chi connectivity index (χ3v) is 3.21. The standard InChI is InChI=1S/C17H18FN3O2/c18-15-3-1-13(2-4-15)7-10-20-16(22)11-17(23)21-12-14-5-8-19-9-6-14/h1-6,8-9H,7,10-12H2,(H,20,22)(H,21,23). The van der Waals surface area contributed by atoms with Crippen LogP contribution in [0.2, 0.25) is 0 Å². The molecule has 0 radical (unpaired) electrons. The van der Waals surface area contributed by atoms with Crippen molar-refractivity contribution in [1.82, 2.24) is 15.6 Å². The lowest BCUT2D eigenvalue weighted by Gasteiger charge is -2.07. The Morgan fingerprint density at radius 3 is 2.26 bits per heavy atom. The molecule has 0 unspecified atom stereocenters. The van der Waals surface area contributed by atoms with Crippen molar-refractivity contribution in [3.63, 3.8) is 0 Å². The molecule has 0 aliphatic heterocycles. The van der Waals surface area contributed by atoms with Gasteiger partial charge in [0.15, 0.2) is 0 Å². The maximum atomic E-state index is 12.8. The minimum Gasteiger partial charge on any atom is -0.355 e. The van der Waals surface area contributed by atoms with Crippen LogP contribution in [0.1, 0.15) is 17.5 Å². The minimum atomic E-state index is -0.334. The molecule has 0 fully saturated rings. The molecule has 120 valence electrons. The van der Waals surface area contributed by atoms with Crippen LogP contribution in [0.15, 0.2) is 48.8 Å². The highest BCUT2D eigenvalue weighted by atomic mass is 19.1. The number of rotatable bonds is 7. The summed E-state index contributed by atoms with van der Waals surface area (Å²) in [6.07, 6.45) is 3.66. The molecule has 0 bridgehead atoms. The number of benzene rings is 1. The van der Waals surface area contributed by atoms with Crippen molar-refractivity contribution in [3.8, 4) is 0 Å². The zero-order valence-electron chi connectivity index (χ0n) is 12.6. The second-order valence-corrected chi connectivity index (χ2v) is 5.04. The van der Waals surface area contributed by atoms with Gasteiger partial charge in [-0.15, -0.1) is 0 Å². The normalized spacial score (nSPS) is 10.1. The van der Waals surface area contributed by atoms with Crippen LogP contribution < -0.4 is 10.6 Å². The average molecular weight is 315 g/mol. The van der Waals surface area contributed by atoms with Gasteiger partial charge in [0, 0.05) is 25.5 Å². The van der Waals surface area contributed by atoms with Gasteiger partial charge in [-0.05, 0) is 41.8 Å². The van der Waals surface area contributed by atoms with Crippen LogP contribution in [0.25, 0.3) is 0 Å². The van der Waals surface area contributed by atoms with E-state index >= 15 is 0 Å². The van der Waals surface area contributed by atoms with E-state index in [0.717, 1.165) is 11.1 Å². The van der Waals surface area contributed by atoms with Gasteiger partial charge >= 0.3 is 0 Å². The second kappa shape index (κ2) is 8.63. The van der Waals surface area contributed by atoms with Gasteiger partial charge in [0.25, 0.3) is 0 Å². The number of carbonyl (C=O) groups excluding carboxylic acids is 2. The molecule has 1 aromatic heterocycles. The van der Waals surface area contributed by atoms with Gasteiger partial charge in [0.1, 0.15) is 12.2 Å². The SMILES string of the molecule is O=C(CC(=O)NCc1ccncc1)NCCc1ccc(F)cc1. The van der Waals surface area contributed by atoms with Crippen LogP contribution in [-0.2, 0) is 22.6 Å². The number of aromatic nitrogens is 1. The molecule has 1 heterocycles. The lowest BCUT2D eigenvalue weighted by Crippen LogP contribution is -2.32. The van der Waals surface area contributed by atoms with E-state index in [-0.39, 0.29) is 24.1 Å². The zero-order valence-corrected chi connectivity index (χ0v) is 12.6. The molecule has 2 amide bonds. The fourth-order valence-electron chi connectivity index (χ4n) is 1.97. The molecule has 2 rings (SSSR count). The van der Waals surface area contributed by atoms with Crippen LogP contribution >= 0.6 is 0 Å². The summed E-state index contributed by atoms with van der Waals surface area (Å²) < 4.78 is 12.8. The quantitative estimate of drug-likeness (QED) is 0.762. The second-order valence-electron chi connectivity index (χ2n) is 5.04. The first kappa shape index (κ1) is 16.6. The molecule has 0 spiro atoms. The van der Waals surface area contributed by atoms with Crippen molar-refractivity contribution in [3.05, 3.63) is 65.7 Å². The maximum Gasteiger partial charge on any atom is 0.229 e. The van der Waals surface area contributed by atoms with E-state index in [2.05, 4.69) is 15.6 Å². The molecule has 0 aliphatic rings. The van der Waals surface area contributed by atoms with Gasteiger partial charge in [-0.25, -0.2) is 4.39 Å². The third-order valence-electron chi connectivity index (χ3n) is 3.21. The summed E-state index contributed by atoms with van der Waals surface area (Å²) in [7, 11) is 0. The van der Waals surface area contributed by atoms with Crippen LogP contribution in [0.5, 0.6) is 0 Å². The Hall–Kier alpha value is -2.76. The van der Waals surface area contributed by atoms with Gasteiger partial charge in [-0.2, -0.15) is 0 Å². The van der Waals surface area contributed by atoms with E-state index in [0.29, 0.717) is 19.5 Å². The Kier molecular flexibility index (Phi) is 6.23. The first-order valence-corrected chi connectivity index (χ1v) is 7.30. The molecule has 23 heavy (non-hydrogen) atoms. The predicted octanol–water partition coefficient (Wildman–Crippen LogP) is 1.59. The summed E-state index contributed by atoms with van der Waals surface area (Å²) in [6.45, 7) is 0.770. The first-order valence-electron chi connectivity index (χ1n) is 7.30. The molecule has 2 N–H and O–H groups in total. The van der Waals surface area contributed by atoms with Crippen molar-refractivity contribution >= 4 is 11.8 Å². The molecular weight excluding hydrogens is 297 g/mol. The molecule has 0 aliphatic carbocycles. The molecule has 6 heteroatoms. The molecule has 1 aromatic carbocycles. The first-order chi connectivity index (χ1) is 11.1. The highest BCUT2D eigenvalue weighted by Gasteiger charge is 2.08. The maximum absolute atomic E-state index is 12.8. The van der Waals surface area contributed by atoms with Crippen molar-refractivity contribution < 1.29 is 14.0 Å². The van der Waals surface area contributed by atoms with Crippen molar-refractivity contribution in [2.45, 2.75) is 19.4 Å². The summed E-state index contributed by atoms with van der Waals surface area (Å²) in [4.78, 5) is 27.2. The predicted molar refractivity (Wildman–Crippen MR) is 83.8 cm³/mol. The highest BCUT2D eigenvalue weighted by Crippen LogP contribution is 2.02. The summed E-state index contributed by atoms with van der Waals surface area (Å²) >= 11 is 0. The summed E-state index contributed by atoms with van der Waals surface area (Å²) in [5.41, 5.74) is 1.85. The summed E-state index contributed by atoms with van der Waals surface area (Å²) in [5, 5.41) is 5.35. The zero-order chi connectivity index (χ0) is 16.5. The van der Waals surface area contributed by atoms with E-state index in [1.54, 1.807) is 36.7 Å². The van der Waals surface area contributed by atoms with Crippen LogP contribution in [-0.4, -0.2) is 23.3 Å². The topological polar surface area (TPSA) is 71.1 Å². The molecule has 0 saturated carbocycles. The Bertz CT molecular complexity index is 645. The van der Waals surface area contributed by atoms with Gasteiger partial charge in [0.2, 0.25) is 11.8 Å². The number of amides is 2. The fourth-order valence-corrected chi connectivity index (χ4v) is 1.97. The van der Waals surface area contributed by atoms with Crippen molar-refractivity contribution in [1.29, 1.82) is 0 Å². The minimum absolute atomic E-state index is 0.214. The van der Waals surface area contributed by atoms with Crippen LogP contribution in [0.4, 0.5) is 4.39 Å². The lowest BCUT2D eigenvalue weighted by atomic mass is 10.1. The molecule has 0 saturated heterocycles. The highest BCUT2D eigenvalue weighted by molar-refractivity contribution is 5.96. The van der Waals surface area contributed by atoms with Crippen molar-refractivity contribution in [2.24, 2.45) is 0 Å². The van der Waals surface area contributed by atoms with Gasteiger partial charge in [-0.1, -0.05) is 12.1 Å². The molecular formula is C17H18FN3O2. The van der Waals surface area contributed by atoms with E-state index < -0.39 is 0 Å². The number of hydrogen-bond donors (Lipinski definition) is 2. The number of carbonyl (C=O) groups is 2. The Morgan fingerprint density at radius 1 is 0.913 bits per heavy atom. The van der Waals surface area contributed by atoms with Gasteiger partial charge in [-0.3, -0.25) is 14.6 Å². The van der Waals surface area contributed by atoms with Crippen LogP contribution in [0.3, 0.4) is 0 Å². The Balaban J connectivity index is 1.64. The number of hydrogen-bond acceptors (Lipinski definition) is 3. The number of nitrogens with zero attached hydrogens (tertiary/aromatic N) is 1. The van der Waals surface area contributed by atoms with Crippen LogP contribution in [0, 0.1) is 5.82 Å². The number of pyridine rings is 1. The summed E-state index contributed by atoms with van der Waals surface area (Å²) in [5.74, 6) is -0.955. The number of halogens is 1. The van der Waals surface area contributed by atoms with E-state index in [1.165, 1.54) is 12.1 Å². The van der Waals surface area contributed by atoms with E-state index in [9.17, 15) is 14.0 Å². The molecule has 5 nitrogen and oxygen atoms in total. The van der Waals surface area contributed by atoms with E-state index in [1.807, 2.05) is 0 Å². The van der Waals surface area contributed by atoms with E-state index in [4.69, 9.17) is 0 Å². The van der Waals surface area contributed by atoms with Gasteiger partial charge < -0.3 is 10.6 Å².